The maximum absolute atomic E-state index is 14.6. The standard InChI is InChI=1S/C21H16FNO4S/c1-12-8-9-16(27-12)19(24)17-18(14-6-2-3-7-15(14)22)23(21(26)20(17)25)11-13-5-4-10-28-13/h2-10,25-26H,11H2,1H3. The molecule has 0 aliphatic rings. The Hall–Kier alpha value is -3.32. The van der Waals surface area contributed by atoms with Crippen molar-refractivity contribution in [2.45, 2.75) is 13.5 Å². The molecule has 28 heavy (non-hydrogen) atoms. The number of rotatable bonds is 5. The van der Waals surface area contributed by atoms with Crippen LogP contribution in [0.25, 0.3) is 11.3 Å². The fourth-order valence-corrected chi connectivity index (χ4v) is 3.83. The third-order valence-corrected chi connectivity index (χ3v) is 5.29. The molecule has 0 aliphatic carbocycles. The molecule has 0 spiro atoms. The molecule has 0 saturated carbocycles. The number of thiophene rings is 1. The average Bonchev–Trinajstić information content (AvgIpc) is 3.39. The molecule has 0 fully saturated rings. The molecule has 5 nitrogen and oxygen atoms in total. The van der Waals surface area contributed by atoms with Gasteiger partial charge in [0, 0.05) is 10.4 Å². The first-order valence-corrected chi connectivity index (χ1v) is 9.38. The van der Waals surface area contributed by atoms with Crippen LogP contribution in [0.15, 0.2) is 58.3 Å². The van der Waals surface area contributed by atoms with Gasteiger partial charge in [-0.25, -0.2) is 4.39 Å². The summed E-state index contributed by atoms with van der Waals surface area (Å²) in [5.41, 5.74) is -0.00431. The van der Waals surface area contributed by atoms with Gasteiger partial charge in [-0.05, 0) is 42.6 Å². The summed E-state index contributed by atoms with van der Waals surface area (Å²) in [7, 11) is 0. The lowest BCUT2D eigenvalue weighted by atomic mass is 10.0. The van der Waals surface area contributed by atoms with Crippen LogP contribution in [0.5, 0.6) is 11.6 Å². The van der Waals surface area contributed by atoms with Crippen molar-refractivity contribution >= 4 is 17.1 Å². The molecule has 0 saturated heterocycles. The van der Waals surface area contributed by atoms with E-state index in [1.54, 1.807) is 19.1 Å². The second-order valence-electron chi connectivity index (χ2n) is 6.28. The van der Waals surface area contributed by atoms with Gasteiger partial charge in [-0.3, -0.25) is 4.79 Å². The van der Waals surface area contributed by atoms with E-state index in [0.717, 1.165) is 4.88 Å². The molecule has 0 aliphatic heterocycles. The predicted octanol–water partition coefficient (Wildman–Crippen LogP) is 4.95. The number of aromatic nitrogens is 1. The molecule has 3 aromatic heterocycles. The van der Waals surface area contributed by atoms with Crippen LogP contribution < -0.4 is 0 Å². The number of aromatic hydroxyl groups is 2. The van der Waals surface area contributed by atoms with E-state index in [9.17, 15) is 19.4 Å². The minimum Gasteiger partial charge on any atom is -0.503 e. The summed E-state index contributed by atoms with van der Waals surface area (Å²) < 4.78 is 21.3. The van der Waals surface area contributed by atoms with Gasteiger partial charge in [-0.2, -0.15) is 0 Å². The number of aryl methyl sites for hydroxylation is 1. The van der Waals surface area contributed by atoms with Crippen LogP contribution in [0, 0.1) is 12.7 Å². The number of nitrogens with zero attached hydrogens (tertiary/aromatic N) is 1. The molecule has 0 bridgehead atoms. The highest BCUT2D eigenvalue weighted by molar-refractivity contribution is 7.09. The normalized spacial score (nSPS) is 11.1. The van der Waals surface area contributed by atoms with E-state index in [4.69, 9.17) is 4.42 Å². The van der Waals surface area contributed by atoms with E-state index in [1.165, 1.54) is 40.2 Å². The van der Waals surface area contributed by atoms with E-state index in [2.05, 4.69) is 0 Å². The Bertz CT molecular complexity index is 1160. The first-order valence-electron chi connectivity index (χ1n) is 8.50. The lowest BCUT2D eigenvalue weighted by Gasteiger charge is -2.11. The van der Waals surface area contributed by atoms with Gasteiger partial charge in [0.2, 0.25) is 11.7 Å². The third-order valence-electron chi connectivity index (χ3n) is 4.43. The minimum atomic E-state index is -0.635. The van der Waals surface area contributed by atoms with Crippen molar-refractivity contribution < 1.29 is 23.8 Å². The molecule has 0 atom stereocenters. The van der Waals surface area contributed by atoms with E-state index >= 15 is 0 Å². The van der Waals surface area contributed by atoms with Crippen LogP contribution >= 0.6 is 11.3 Å². The second-order valence-corrected chi connectivity index (χ2v) is 7.31. The molecule has 0 unspecified atom stereocenters. The van der Waals surface area contributed by atoms with Crippen LogP contribution in [0.2, 0.25) is 0 Å². The summed E-state index contributed by atoms with van der Waals surface area (Å²) in [6.45, 7) is 1.86. The summed E-state index contributed by atoms with van der Waals surface area (Å²) in [4.78, 5) is 13.9. The number of hydrogen-bond acceptors (Lipinski definition) is 5. The van der Waals surface area contributed by atoms with Gasteiger partial charge in [0.05, 0.1) is 17.8 Å². The Labute approximate surface area is 163 Å². The highest BCUT2D eigenvalue weighted by Gasteiger charge is 2.31. The summed E-state index contributed by atoms with van der Waals surface area (Å²) in [5, 5.41) is 23.0. The first kappa shape index (κ1) is 18.1. The fourth-order valence-electron chi connectivity index (χ4n) is 3.13. The summed E-state index contributed by atoms with van der Waals surface area (Å²) in [6, 6.07) is 12.7. The number of furan rings is 1. The molecule has 142 valence electrons. The first-order chi connectivity index (χ1) is 13.5. The van der Waals surface area contributed by atoms with Crippen molar-refractivity contribution in [1.82, 2.24) is 4.57 Å². The van der Waals surface area contributed by atoms with Gasteiger partial charge in [0.1, 0.15) is 11.6 Å². The van der Waals surface area contributed by atoms with E-state index in [1.807, 2.05) is 17.5 Å². The highest BCUT2D eigenvalue weighted by atomic mass is 32.1. The Kier molecular flexibility index (Phi) is 4.52. The Morgan fingerprint density at radius 3 is 2.57 bits per heavy atom. The molecular weight excluding hydrogens is 381 g/mol. The number of halogens is 1. The molecule has 2 N–H and O–H groups in total. The number of carbonyl (C=O) groups is 1. The van der Waals surface area contributed by atoms with Crippen LogP contribution in [-0.2, 0) is 6.54 Å². The Morgan fingerprint density at radius 2 is 1.93 bits per heavy atom. The van der Waals surface area contributed by atoms with E-state index in [-0.39, 0.29) is 29.1 Å². The van der Waals surface area contributed by atoms with Crippen molar-refractivity contribution in [2.75, 3.05) is 0 Å². The third kappa shape index (κ3) is 2.99. The van der Waals surface area contributed by atoms with Gasteiger partial charge in [0.15, 0.2) is 11.5 Å². The largest absolute Gasteiger partial charge is 0.503 e. The van der Waals surface area contributed by atoms with Crippen LogP contribution in [0.1, 0.15) is 26.8 Å². The number of hydrogen-bond donors (Lipinski definition) is 2. The lowest BCUT2D eigenvalue weighted by molar-refractivity contribution is 0.101. The molecular formula is C21H16FNO4S. The van der Waals surface area contributed by atoms with Gasteiger partial charge in [-0.15, -0.1) is 11.3 Å². The van der Waals surface area contributed by atoms with Crippen molar-refractivity contribution in [3.8, 4) is 22.9 Å². The van der Waals surface area contributed by atoms with E-state index < -0.39 is 23.2 Å². The second kappa shape index (κ2) is 7.01. The molecule has 0 radical (unpaired) electrons. The monoisotopic (exact) mass is 397 g/mol. The quantitative estimate of drug-likeness (QED) is 0.467. The van der Waals surface area contributed by atoms with Crippen LogP contribution in [0.4, 0.5) is 4.39 Å². The minimum absolute atomic E-state index is 0.00124. The summed E-state index contributed by atoms with van der Waals surface area (Å²) >= 11 is 1.45. The van der Waals surface area contributed by atoms with Crippen molar-refractivity contribution in [3.05, 3.63) is 81.7 Å². The molecule has 0 amide bonds. The SMILES string of the molecule is Cc1ccc(C(=O)c2c(O)c(O)n(Cc3cccs3)c2-c2ccccc2F)o1. The maximum Gasteiger partial charge on any atom is 0.236 e. The molecule has 7 heteroatoms. The zero-order valence-electron chi connectivity index (χ0n) is 14.8. The number of carbonyl (C=O) groups excluding carboxylic acids is 1. The smallest absolute Gasteiger partial charge is 0.236 e. The number of ketones is 1. The maximum atomic E-state index is 14.6. The zero-order chi connectivity index (χ0) is 19.8. The Morgan fingerprint density at radius 1 is 1.14 bits per heavy atom. The summed E-state index contributed by atoms with van der Waals surface area (Å²) in [6.07, 6.45) is 0. The van der Waals surface area contributed by atoms with E-state index in [0.29, 0.717) is 5.76 Å². The average molecular weight is 397 g/mol. The van der Waals surface area contributed by atoms with Crippen LogP contribution in [0.3, 0.4) is 0 Å². The summed E-state index contributed by atoms with van der Waals surface area (Å²) in [5.74, 6) is -1.79. The van der Waals surface area contributed by atoms with Gasteiger partial charge < -0.3 is 19.2 Å². The van der Waals surface area contributed by atoms with Gasteiger partial charge >= 0.3 is 0 Å². The molecule has 3 heterocycles. The van der Waals surface area contributed by atoms with Gasteiger partial charge in [-0.1, -0.05) is 18.2 Å². The van der Waals surface area contributed by atoms with Gasteiger partial charge in [0.25, 0.3) is 0 Å². The number of benzene rings is 1. The Balaban J connectivity index is 1.97. The fraction of sp³-hybridized carbons (Fsp3) is 0.0952. The highest BCUT2D eigenvalue weighted by Crippen LogP contribution is 2.43. The molecule has 4 rings (SSSR count). The molecule has 1 aromatic carbocycles. The van der Waals surface area contributed by atoms with Crippen LogP contribution in [-0.4, -0.2) is 20.6 Å². The zero-order valence-corrected chi connectivity index (χ0v) is 15.7. The van der Waals surface area contributed by atoms with Crippen molar-refractivity contribution in [1.29, 1.82) is 0 Å². The topological polar surface area (TPSA) is 75.6 Å². The lowest BCUT2D eigenvalue weighted by Crippen LogP contribution is -2.06. The van der Waals surface area contributed by atoms with Crippen molar-refractivity contribution in [2.24, 2.45) is 0 Å². The van der Waals surface area contributed by atoms with Crippen molar-refractivity contribution in [3.63, 3.8) is 0 Å². The predicted molar refractivity (Wildman–Crippen MR) is 103 cm³/mol. The molecule has 4 aromatic rings.